The predicted octanol–water partition coefficient (Wildman–Crippen LogP) is 0.836. The zero-order valence-corrected chi connectivity index (χ0v) is 12.3. The fraction of sp³-hybridized carbons (Fsp3) is 0.429. The van der Waals surface area contributed by atoms with E-state index in [1.54, 1.807) is 30.0 Å². The van der Waals surface area contributed by atoms with E-state index in [0.717, 1.165) is 18.7 Å². The second kappa shape index (κ2) is 6.10. The molecule has 0 unspecified atom stereocenters. The van der Waals surface area contributed by atoms with Gasteiger partial charge in [-0.3, -0.25) is 4.79 Å². The van der Waals surface area contributed by atoms with Crippen molar-refractivity contribution in [2.24, 2.45) is 5.73 Å². The van der Waals surface area contributed by atoms with E-state index in [4.69, 9.17) is 10.5 Å². The second-order valence-corrected chi connectivity index (χ2v) is 5.20. The summed E-state index contributed by atoms with van der Waals surface area (Å²) < 4.78 is 7.06. The lowest BCUT2D eigenvalue weighted by Crippen LogP contribution is -2.16. The Hall–Kier alpha value is -2.48. The number of benzene rings is 1. The quantitative estimate of drug-likeness (QED) is 0.818. The van der Waals surface area contributed by atoms with Crippen LogP contribution in [0.25, 0.3) is 5.69 Å². The summed E-state index contributed by atoms with van der Waals surface area (Å²) in [6, 6.07) is 5.36. The van der Waals surface area contributed by atoms with Gasteiger partial charge in [0.05, 0.1) is 7.11 Å². The Morgan fingerprint density at radius 1 is 1.50 bits per heavy atom. The molecule has 1 saturated carbocycles. The fourth-order valence-corrected chi connectivity index (χ4v) is 2.25. The number of nitrogens with two attached hydrogens (primary N) is 1. The zero-order chi connectivity index (χ0) is 15.5. The maximum atomic E-state index is 11.7. The molecular weight excluding hydrogens is 284 g/mol. The van der Waals surface area contributed by atoms with Gasteiger partial charge >= 0.3 is 0 Å². The summed E-state index contributed by atoms with van der Waals surface area (Å²) in [5.74, 6) is 1.74. The first-order chi connectivity index (χ1) is 10.7. The van der Waals surface area contributed by atoms with Crippen LogP contribution in [-0.4, -0.2) is 39.8 Å². The Morgan fingerprint density at radius 2 is 2.32 bits per heavy atom. The number of carbonyl (C=O) groups excluding carboxylic acids is 1. The van der Waals surface area contributed by atoms with Crippen molar-refractivity contribution in [2.45, 2.75) is 25.2 Å². The number of tetrazole rings is 1. The van der Waals surface area contributed by atoms with Crippen molar-refractivity contribution in [3.05, 3.63) is 24.0 Å². The van der Waals surface area contributed by atoms with Crippen LogP contribution in [0.3, 0.4) is 0 Å². The van der Waals surface area contributed by atoms with Gasteiger partial charge in [-0.2, -0.15) is 4.68 Å². The van der Waals surface area contributed by atoms with Gasteiger partial charge in [0, 0.05) is 24.6 Å². The van der Waals surface area contributed by atoms with E-state index in [2.05, 4.69) is 20.8 Å². The molecule has 8 nitrogen and oxygen atoms in total. The Balaban J connectivity index is 1.94. The number of nitrogens with zero attached hydrogens (tertiary/aromatic N) is 4. The number of amides is 1. The van der Waals surface area contributed by atoms with E-state index in [1.165, 1.54) is 0 Å². The van der Waals surface area contributed by atoms with Crippen molar-refractivity contribution in [3.8, 4) is 11.4 Å². The van der Waals surface area contributed by atoms with Gasteiger partial charge in [-0.25, -0.2) is 0 Å². The summed E-state index contributed by atoms with van der Waals surface area (Å²) in [5, 5.41) is 14.7. The summed E-state index contributed by atoms with van der Waals surface area (Å²) in [4.78, 5) is 11.7. The first-order valence-corrected chi connectivity index (χ1v) is 7.19. The maximum absolute atomic E-state index is 11.7. The summed E-state index contributed by atoms with van der Waals surface area (Å²) in [7, 11) is 1.59. The molecule has 0 spiro atoms. The molecule has 0 atom stereocenters. The summed E-state index contributed by atoms with van der Waals surface area (Å²) in [6.07, 6.45) is 2.46. The molecule has 0 bridgehead atoms. The van der Waals surface area contributed by atoms with Crippen LogP contribution in [0.5, 0.6) is 5.75 Å². The number of hydrogen-bond donors (Lipinski definition) is 2. The number of aromatic nitrogens is 4. The van der Waals surface area contributed by atoms with Crippen LogP contribution in [0.15, 0.2) is 18.2 Å². The molecule has 1 aromatic carbocycles. The highest BCUT2D eigenvalue weighted by molar-refractivity contribution is 5.91. The van der Waals surface area contributed by atoms with Crippen molar-refractivity contribution in [2.75, 3.05) is 19.0 Å². The van der Waals surface area contributed by atoms with E-state index >= 15 is 0 Å². The van der Waals surface area contributed by atoms with Crippen LogP contribution >= 0.6 is 0 Å². The smallest absolute Gasteiger partial charge is 0.225 e. The third-order valence-corrected chi connectivity index (χ3v) is 3.50. The first kappa shape index (κ1) is 14.5. The van der Waals surface area contributed by atoms with Gasteiger partial charge < -0.3 is 15.8 Å². The van der Waals surface area contributed by atoms with Gasteiger partial charge in [0.1, 0.15) is 11.4 Å². The normalized spacial score (nSPS) is 13.9. The van der Waals surface area contributed by atoms with Crippen LogP contribution in [-0.2, 0) is 4.79 Å². The van der Waals surface area contributed by atoms with Gasteiger partial charge in [-0.1, -0.05) is 0 Å². The lowest BCUT2D eigenvalue weighted by atomic mass is 10.2. The number of carbonyl (C=O) groups is 1. The number of methoxy groups -OCH3 is 1. The predicted molar refractivity (Wildman–Crippen MR) is 80.0 cm³/mol. The third kappa shape index (κ3) is 2.91. The molecule has 3 N–H and O–H groups in total. The Labute approximate surface area is 127 Å². The van der Waals surface area contributed by atoms with E-state index < -0.39 is 0 Å². The van der Waals surface area contributed by atoms with Crippen molar-refractivity contribution < 1.29 is 9.53 Å². The Bertz CT molecular complexity index is 680. The molecule has 1 aliphatic rings. The molecule has 1 amide bonds. The summed E-state index contributed by atoms with van der Waals surface area (Å²) in [5.41, 5.74) is 6.75. The van der Waals surface area contributed by atoms with Crippen LogP contribution in [0.2, 0.25) is 0 Å². The fourth-order valence-electron chi connectivity index (χ4n) is 2.25. The molecule has 8 heteroatoms. The van der Waals surface area contributed by atoms with Gasteiger partial charge in [0.25, 0.3) is 0 Å². The van der Waals surface area contributed by atoms with Gasteiger partial charge in [0.2, 0.25) is 5.91 Å². The lowest BCUT2D eigenvalue weighted by molar-refractivity contribution is -0.116. The second-order valence-electron chi connectivity index (χ2n) is 5.20. The molecule has 2 aromatic rings. The third-order valence-electron chi connectivity index (χ3n) is 3.50. The van der Waals surface area contributed by atoms with E-state index in [-0.39, 0.29) is 12.3 Å². The van der Waals surface area contributed by atoms with E-state index in [0.29, 0.717) is 29.6 Å². The minimum Gasteiger partial charge on any atom is -0.494 e. The van der Waals surface area contributed by atoms with Crippen LogP contribution < -0.4 is 15.8 Å². The van der Waals surface area contributed by atoms with E-state index in [9.17, 15) is 4.79 Å². The Kier molecular flexibility index (Phi) is 4.01. The topological polar surface area (TPSA) is 108 Å². The van der Waals surface area contributed by atoms with Gasteiger partial charge in [-0.05, 0) is 41.5 Å². The highest BCUT2D eigenvalue weighted by Gasteiger charge is 2.30. The molecule has 1 aliphatic carbocycles. The number of nitrogens with one attached hydrogen (secondary N) is 1. The van der Waals surface area contributed by atoms with Crippen molar-refractivity contribution in [1.82, 2.24) is 20.2 Å². The highest BCUT2D eigenvalue weighted by atomic mass is 16.5. The van der Waals surface area contributed by atoms with Crippen LogP contribution in [0, 0.1) is 0 Å². The van der Waals surface area contributed by atoms with Crippen molar-refractivity contribution in [1.29, 1.82) is 0 Å². The Morgan fingerprint density at radius 3 is 3.00 bits per heavy atom. The molecule has 1 aromatic heterocycles. The van der Waals surface area contributed by atoms with E-state index in [1.807, 2.05) is 0 Å². The lowest BCUT2D eigenvalue weighted by Gasteiger charge is -2.12. The number of hydrogen-bond acceptors (Lipinski definition) is 6. The van der Waals surface area contributed by atoms with Crippen LogP contribution in [0.1, 0.15) is 31.0 Å². The van der Waals surface area contributed by atoms with Gasteiger partial charge in [0.15, 0.2) is 5.82 Å². The largest absolute Gasteiger partial charge is 0.494 e. The number of anilines is 1. The molecule has 1 fully saturated rings. The van der Waals surface area contributed by atoms with Crippen LogP contribution in [0.4, 0.5) is 5.69 Å². The van der Waals surface area contributed by atoms with Crippen molar-refractivity contribution in [3.63, 3.8) is 0 Å². The minimum absolute atomic E-state index is 0.127. The zero-order valence-electron chi connectivity index (χ0n) is 12.3. The maximum Gasteiger partial charge on any atom is 0.225 e. The molecular formula is C14H18N6O2. The van der Waals surface area contributed by atoms with Gasteiger partial charge in [-0.15, -0.1) is 5.10 Å². The monoisotopic (exact) mass is 302 g/mol. The SMILES string of the molecule is COc1ccc(NC(=O)CCN)cc1-n1nnnc1C1CC1. The molecule has 0 saturated heterocycles. The highest BCUT2D eigenvalue weighted by Crippen LogP contribution is 2.40. The molecule has 1 heterocycles. The first-order valence-electron chi connectivity index (χ1n) is 7.19. The number of rotatable bonds is 6. The standard InChI is InChI=1S/C14H18N6O2/c1-22-12-5-4-10(16-13(21)6-7-15)8-11(12)20-14(9-2-3-9)17-18-19-20/h4-5,8-9H,2-3,6-7,15H2,1H3,(H,16,21). The molecule has 3 rings (SSSR count). The molecule has 22 heavy (non-hydrogen) atoms. The number of ether oxygens (including phenoxy) is 1. The summed E-state index contributed by atoms with van der Waals surface area (Å²) in [6.45, 7) is 0.313. The summed E-state index contributed by atoms with van der Waals surface area (Å²) >= 11 is 0. The molecule has 116 valence electrons. The van der Waals surface area contributed by atoms with Crippen molar-refractivity contribution >= 4 is 11.6 Å². The molecule has 0 radical (unpaired) electrons. The minimum atomic E-state index is -0.127. The molecule has 0 aliphatic heterocycles. The average Bonchev–Trinajstić information content (AvgIpc) is 3.24. The average molecular weight is 302 g/mol.